The fourth-order valence-corrected chi connectivity index (χ4v) is 2.08. The minimum Gasteiger partial charge on any atom is -0.346 e. The fourth-order valence-electron chi connectivity index (χ4n) is 0.823. The summed E-state index contributed by atoms with van der Waals surface area (Å²) in [6.07, 6.45) is 2.65. The lowest BCUT2D eigenvalue weighted by molar-refractivity contribution is 0.882. The van der Waals surface area contributed by atoms with Crippen LogP contribution in [0.25, 0.3) is 0 Å². The van der Waals surface area contributed by atoms with Gasteiger partial charge in [-0.15, -0.1) is 4.55 Å². The topological polar surface area (TPSA) is 0 Å². The van der Waals surface area contributed by atoms with Gasteiger partial charge in [0.2, 0.25) is 0 Å². The van der Waals surface area contributed by atoms with Crippen LogP contribution >= 0.6 is 9.07 Å². The summed E-state index contributed by atoms with van der Waals surface area (Å²) in [5, 5.41) is 0. The molecule has 3 heteroatoms. The maximum atomic E-state index is 5.52. The lowest BCUT2D eigenvalue weighted by Crippen LogP contribution is -1.73. The molecule has 0 saturated heterocycles. The van der Waals surface area contributed by atoms with Gasteiger partial charge in [0.15, 0.2) is 17.4 Å². The first-order chi connectivity index (χ1) is 6.31. The number of hydrogen-bond donors (Lipinski definition) is 0. The molecule has 0 bridgehead atoms. The molecule has 1 aromatic rings. The van der Waals surface area contributed by atoms with Crippen molar-refractivity contribution in [3.8, 4) is 0 Å². The van der Waals surface area contributed by atoms with Crippen LogP contribution < -0.4 is 0 Å². The first-order valence-electron chi connectivity index (χ1n) is 4.74. The van der Waals surface area contributed by atoms with Crippen molar-refractivity contribution in [2.45, 2.75) is 24.3 Å². The van der Waals surface area contributed by atoms with E-state index < -0.39 is 0 Å². The van der Waals surface area contributed by atoms with Crippen LogP contribution in [0.1, 0.15) is 25.3 Å². The Morgan fingerprint density at radius 2 is 1.86 bits per heavy atom. The zero-order valence-electron chi connectivity index (χ0n) is 8.30. The van der Waals surface area contributed by atoms with Gasteiger partial charge in [0.1, 0.15) is 0 Å². The summed E-state index contributed by atoms with van der Waals surface area (Å²) in [6, 6.07) is 9.87. The van der Waals surface area contributed by atoms with Gasteiger partial charge in [-0.05, 0) is 12.5 Å². The summed E-state index contributed by atoms with van der Waals surface area (Å²) in [7, 11) is 5.52. The molecule has 1 aromatic carbocycles. The molecule has 75 valence electrons. The molecule has 1 radical (unpaired) electrons. The zero-order valence-corrected chi connectivity index (χ0v) is 10.5. The summed E-state index contributed by atoms with van der Waals surface area (Å²) in [4.78, 5) is 0. The van der Waals surface area contributed by atoms with Gasteiger partial charge in [0.25, 0.3) is 0 Å². The Bertz CT molecular complexity index is 188. The molecule has 0 unspecified atom stereocenters. The van der Waals surface area contributed by atoms with Gasteiger partial charge in [-0.1, -0.05) is 50.1 Å². The van der Waals surface area contributed by atoms with Gasteiger partial charge in [-0.3, -0.25) is 0 Å². The van der Waals surface area contributed by atoms with Gasteiger partial charge < -0.3 is 9.07 Å². The van der Waals surface area contributed by atoms with Gasteiger partial charge in [0.05, 0.1) is 0 Å². The van der Waals surface area contributed by atoms with Crippen molar-refractivity contribution in [2.75, 3.05) is 0 Å². The Morgan fingerprint density at radius 3 is 2.07 bits per heavy atom. The predicted molar refractivity (Wildman–Crippen MR) is 72.2 cm³/mol. The molecular formula is C11H19AlClMg. The summed E-state index contributed by atoms with van der Waals surface area (Å²) in [5.74, 6) is 0. The van der Waals surface area contributed by atoms with E-state index in [1.54, 1.807) is 0 Å². The van der Waals surface area contributed by atoms with Crippen molar-refractivity contribution >= 4 is 45.7 Å². The van der Waals surface area contributed by atoms with Crippen molar-refractivity contribution in [1.82, 2.24) is 0 Å². The lowest BCUT2D eigenvalue weighted by atomic mass is 10.2. The quantitative estimate of drug-likeness (QED) is 0.561. The zero-order chi connectivity index (χ0) is 9.94. The maximum Gasteiger partial charge on any atom is 0.501 e. The molecule has 0 atom stereocenters. The number of hydrogen-bond acceptors (Lipinski definition) is 0. The molecule has 1 rings (SSSR count). The normalized spacial score (nSPS) is 7.64. The van der Waals surface area contributed by atoms with Crippen molar-refractivity contribution in [3.63, 3.8) is 0 Å². The van der Waals surface area contributed by atoms with Crippen LogP contribution in [0.4, 0.5) is 0 Å². The van der Waals surface area contributed by atoms with Crippen LogP contribution in [0.15, 0.2) is 30.3 Å². The van der Waals surface area contributed by atoms with Crippen LogP contribution in [-0.2, 0) is 0 Å². The molecular weight excluding hydrogens is 219 g/mol. The molecule has 0 N–H and O–H groups in total. The van der Waals surface area contributed by atoms with Crippen LogP contribution in [0.5, 0.6) is 0 Å². The van der Waals surface area contributed by atoms with E-state index in [0.29, 0.717) is 0 Å². The Kier molecular flexibility index (Phi) is 17.0. The minimum absolute atomic E-state index is 0. The average Bonchev–Trinajstić information content (AvgIpc) is 2.17. The second-order valence-corrected chi connectivity index (χ2v) is 5.10. The second-order valence-electron chi connectivity index (χ2n) is 2.88. The average molecular weight is 238 g/mol. The highest BCUT2D eigenvalue weighted by atomic mass is 35.5. The molecule has 0 heterocycles. The van der Waals surface area contributed by atoms with Crippen LogP contribution in [0.2, 0.25) is 4.55 Å². The van der Waals surface area contributed by atoms with Gasteiger partial charge in [0, 0.05) is 0 Å². The molecule has 0 fully saturated rings. The van der Waals surface area contributed by atoms with Crippen molar-refractivity contribution in [2.24, 2.45) is 0 Å². The number of benzene rings is 1. The SMILES string of the molecule is CCC[CH2][Mg][Cl].[AlH3].[CH2]c1ccccc1. The van der Waals surface area contributed by atoms with Gasteiger partial charge in [-0.2, -0.15) is 0 Å². The van der Waals surface area contributed by atoms with Crippen LogP contribution in [-0.4, -0.2) is 36.6 Å². The Labute approximate surface area is 112 Å². The summed E-state index contributed by atoms with van der Waals surface area (Å²) >= 11 is -0.125. The molecule has 0 aliphatic heterocycles. The second kappa shape index (κ2) is 13.8. The smallest absolute Gasteiger partial charge is 0.346 e. The van der Waals surface area contributed by atoms with E-state index in [1.807, 2.05) is 30.3 Å². The maximum absolute atomic E-state index is 5.52. The van der Waals surface area contributed by atoms with E-state index in [9.17, 15) is 0 Å². The number of halogens is 1. The molecule has 0 amide bonds. The number of rotatable bonds is 3. The third-order valence-electron chi connectivity index (χ3n) is 1.58. The van der Waals surface area contributed by atoms with Gasteiger partial charge >= 0.3 is 19.3 Å². The van der Waals surface area contributed by atoms with Crippen molar-refractivity contribution < 1.29 is 0 Å². The highest BCUT2D eigenvalue weighted by molar-refractivity contribution is 6.93. The molecule has 0 aromatic heterocycles. The van der Waals surface area contributed by atoms with Crippen LogP contribution in [0.3, 0.4) is 0 Å². The largest absolute Gasteiger partial charge is 0.501 e. The minimum atomic E-state index is -0.125. The fraction of sp³-hybridized carbons (Fsp3) is 0.364. The van der Waals surface area contributed by atoms with E-state index in [2.05, 4.69) is 13.8 Å². The first kappa shape index (κ1) is 17.2. The summed E-state index contributed by atoms with van der Waals surface area (Å²) in [6.45, 7) is 5.92. The van der Waals surface area contributed by atoms with Crippen molar-refractivity contribution in [3.05, 3.63) is 42.8 Å². The van der Waals surface area contributed by atoms with Crippen molar-refractivity contribution in [1.29, 1.82) is 0 Å². The Balaban J connectivity index is 0. The molecule has 0 nitrogen and oxygen atoms in total. The summed E-state index contributed by atoms with van der Waals surface area (Å²) in [5.41, 5.74) is 1.07. The van der Waals surface area contributed by atoms with E-state index in [4.69, 9.17) is 9.07 Å². The predicted octanol–water partition coefficient (Wildman–Crippen LogP) is 2.75. The lowest BCUT2D eigenvalue weighted by Gasteiger charge is -1.82. The molecule has 14 heavy (non-hydrogen) atoms. The Hall–Kier alpha value is 0.809. The standard InChI is InChI=1S/C7H7.C4H9.Al.ClH.Mg.3H/c1-7-5-3-2-4-6-7;1-3-4-2;;;;;;/h2-6H,1H2;1,3-4H2,2H3;;1H;;;;/q;;;;+1;;;/p-1. The molecule has 0 saturated carbocycles. The van der Waals surface area contributed by atoms with E-state index in [1.165, 1.54) is 17.4 Å². The van der Waals surface area contributed by atoms with E-state index in [0.717, 1.165) is 5.56 Å². The molecule has 0 aliphatic carbocycles. The first-order valence-corrected chi connectivity index (χ1v) is 7.88. The highest BCUT2D eigenvalue weighted by Gasteiger charge is 1.85. The van der Waals surface area contributed by atoms with E-state index in [-0.39, 0.29) is 36.6 Å². The third-order valence-corrected chi connectivity index (χ3v) is 3.15. The monoisotopic (exact) mass is 237 g/mol. The molecule has 0 aliphatic rings. The third kappa shape index (κ3) is 12.8. The Morgan fingerprint density at radius 1 is 1.29 bits per heavy atom. The van der Waals surface area contributed by atoms with Gasteiger partial charge in [-0.25, -0.2) is 0 Å². The summed E-state index contributed by atoms with van der Waals surface area (Å²) < 4.78 is 1.32. The van der Waals surface area contributed by atoms with Crippen LogP contribution in [0, 0.1) is 6.92 Å². The molecule has 0 spiro atoms. The van der Waals surface area contributed by atoms with E-state index >= 15 is 0 Å². The number of unbranched alkanes of at least 4 members (excludes halogenated alkanes) is 1. The highest BCUT2D eigenvalue weighted by Crippen LogP contribution is 1.93.